The molecular formula is C26H27N. The molecule has 1 nitrogen and oxygen atoms in total. The van der Waals surface area contributed by atoms with Gasteiger partial charge in [-0.3, -0.25) is 0 Å². The molecule has 3 aromatic carbocycles. The van der Waals surface area contributed by atoms with Crippen molar-refractivity contribution < 1.29 is 0 Å². The van der Waals surface area contributed by atoms with Gasteiger partial charge in [-0.1, -0.05) is 96.1 Å². The molecule has 0 saturated heterocycles. The molecule has 0 atom stereocenters. The molecule has 136 valence electrons. The van der Waals surface area contributed by atoms with E-state index < -0.39 is 0 Å². The summed E-state index contributed by atoms with van der Waals surface area (Å²) in [5, 5.41) is 5.47. The van der Waals surface area contributed by atoms with Gasteiger partial charge in [0.1, 0.15) is 0 Å². The highest BCUT2D eigenvalue weighted by Gasteiger charge is 2.26. The Morgan fingerprint density at radius 1 is 0.481 bits per heavy atom. The lowest BCUT2D eigenvalue weighted by Crippen LogP contribution is -2.14. The van der Waals surface area contributed by atoms with Crippen LogP contribution in [0.2, 0.25) is 0 Å². The second kappa shape index (κ2) is 5.04. The Morgan fingerprint density at radius 3 is 1.19 bits per heavy atom. The first-order valence-electron chi connectivity index (χ1n) is 9.90. The first-order valence-corrected chi connectivity index (χ1v) is 9.90. The molecule has 0 amide bonds. The molecule has 0 aliphatic rings. The van der Waals surface area contributed by atoms with Gasteiger partial charge in [0.15, 0.2) is 0 Å². The van der Waals surface area contributed by atoms with Gasteiger partial charge in [-0.25, -0.2) is 0 Å². The molecule has 0 unspecified atom stereocenters. The Hall–Kier alpha value is -2.54. The molecule has 0 saturated carbocycles. The van der Waals surface area contributed by atoms with Gasteiger partial charge < -0.3 is 4.40 Å². The van der Waals surface area contributed by atoms with Gasteiger partial charge in [0.2, 0.25) is 0 Å². The van der Waals surface area contributed by atoms with Crippen molar-refractivity contribution in [2.24, 2.45) is 0 Å². The first kappa shape index (κ1) is 16.6. The van der Waals surface area contributed by atoms with E-state index in [0.717, 1.165) is 0 Å². The summed E-state index contributed by atoms with van der Waals surface area (Å²) in [5.74, 6) is 0. The number of rotatable bonds is 0. The molecule has 0 aliphatic heterocycles. The molecule has 2 heterocycles. The number of para-hydroxylation sites is 3. The van der Waals surface area contributed by atoms with E-state index in [-0.39, 0.29) is 10.8 Å². The van der Waals surface area contributed by atoms with Crippen LogP contribution in [0, 0.1) is 0 Å². The molecule has 1 heteroatoms. The molecular weight excluding hydrogens is 326 g/mol. The predicted octanol–water partition coefficient (Wildman–Crippen LogP) is 7.43. The molecule has 2 aromatic heterocycles. The Kier molecular flexibility index (Phi) is 3.10. The summed E-state index contributed by atoms with van der Waals surface area (Å²) in [6, 6.07) is 20.4. The van der Waals surface area contributed by atoms with Crippen molar-refractivity contribution in [1.29, 1.82) is 0 Å². The maximum atomic E-state index is 2.57. The zero-order valence-electron chi connectivity index (χ0n) is 17.1. The van der Waals surface area contributed by atoms with E-state index in [1.54, 1.807) is 0 Å². The Labute approximate surface area is 160 Å². The van der Waals surface area contributed by atoms with Gasteiger partial charge in [-0.15, -0.1) is 0 Å². The molecule has 5 aromatic rings. The van der Waals surface area contributed by atoms with Crippen LogP contribution in [0.15, 0.2) is 54.6 Å². The highest BCUT2D eigenvalue weighted by atomic mass is 14.9. The average molecular weight is 354 g/mol. The van der Waals surface area contributed by atoms with Gasteiger partial charge in [0.05, 0.1) is 16.6 Å². The Bertz CT molecular complexity index is 1220. The van der Waals surface area contributed by atoms with Crippen LogP contribution in [0.25, 0.3) is 38.1 Å². The van der Waals surface area contributed by atoms with Gasteiger partial charge >= 0.3 is 0 Å². The molecule has 27 heavy (non-hydrogen) atoms. The summed E-state index contributed by atoms with van der Waals surface area (Å²) in [7, 11) is 0. The number of nitrogens with zero attached hydrogens (tertiary/aromatic N) is 1. The van der Waals surface area contributed by atoms with Crippen LogP contribution in [0.3, 0.4) is 0 Å². The van der Waals surface area contributed by atoms with E-state index in [0.29, 0.717) is 0 Å². The van der Waals surface area contributed by atoms with E-state index >= 15 is 0 Å². The minimum absolute atomic E-state index is 0.0903. The predicted molar refractivity (Wildman–Crippen MR) is 119 cm³/mol. The van der Waals surface area contributed by atoms with E-state index in [1.807, 2.05) is 0 Å². The van der Waals surface area contributed by atoms with Crippen LogP contribution in [-0.4, -0.2) is 4.40 Å². The van der Waals surface area contributed by atoms with Crippen molar-refractivity contribution in [3.05, 3.63) is 65.7 Å². The maximum Gasteiger partial charge on any atom is 0.0620 e. The zero-order valence-corrected chi connectivity index (χ0v) is 17.1. The monoisotopic (exact) mass is 353 g/mol. The molecule has 0 aliphatic carbocycles. The molecule has 0 bridgehead atoms. The summed E-state index contributed by atoms with van der Waals surface area (Å²) in [6.07, 6.45) is 0. The van der Waals surface area contributed by atoms with Crippen LogP contribution in [-0.2, 0) is 10.8 Å². The quantitative estimate of drug-likeness (QED) is 0.273. The topological polar surface area (TPSA) is 4.41 Å². The smallest absolute Gasteiger partial charge is 0.0620 e. The molecule has 0 N–H and O–H groups in total. The minimum Gasteiger partial charge on any atom is -0.307 e. The third-order valence-electron chi connectivity index (χ3n) is 5.98. The number of benzene rings is 3. The Balaban J connectivity index is 2.19. The lowest BCUT2D eigenvalue weighted by atomic mass is 9.84. The third kappa shape index (κ3) is 2.12. The zero-order chi connectivity index (χ0) is 19.1. The Morgan fingerprint density at radius 2 is 0.815 bits per heavy atom. The number of fused-ring (bicyclic) bond motifs is 6. The molecule has 5 rings (SSSR count). The SMILES string of the molecule is CC(C)(C)c1cccc2c3cccc4c5cccc(C(C)(C)C)c5n(c12)c34. The normalized spacial score (nSPS) is 13.6. The molecule has 0 radical (unpaired) electrons. The van der Waals surface area contributed by atoms with E-state index in [4.69, 9.17) is 0 Å². The standard InChI is InChI=1S/C26H27N/c1-25(2,3)20-14-8-12-18-16-10-7-11-17-19-13-9-15-21(26(4,5)6)24(19)27(22(16)17)23(18)20/h7-15H,1-6H3. The largest absolute Gasteiger partial charge is 0.307 e. The number of aromatic nitrogens is 1. The van der Waals surface area contributed by atoms with Crippen molar-refractivity contribution in [1.82, 2.24) is 4.40 Å². The van der Waals surface area contributed by atoms with Crippen molar-refractivity contribution in [3.63, 3.8) is 0 Å². The second-order valence-electron chi connectivity index (χ2n) is 9.94. The van der Waals surface area contributed by atoms with Gasteiger partial charge in [0, 0.05) is 21.5 Å². The first-order chi connectivity index (χ1) is 12.7. The summed E-state index contributed by atoms with van der Waals surface area (Å²) >= 11 is 0. The summed E-state index contributed by atoms with van der Waals surface area (Å²) < 4.78 is 2.57. The van der Waals surface area contributed by atoms with Crippen LogP contribution >= 0.6 is 0 Å². The van der Waals surface area contributed by atoms with Crippen molar-refractivity contribution in [2.75, 3.05) is 0 Å². The number of hydrogen-bond acceptors (Lipinski definition) is 0. The van der Waals surface area contributed by atoms with Crippen LogP contribution in [0.1, 0.15) is 52.7 Å². The minimum atomic E-state index is 0.0903. The number of hydrogen-bond donors (Lipinski definition) is 0. The summed E-state index contributed by atoms with van der Waals surface area (Å²) in [4.78, 5) is 0. The summed E-state index contributed by atoms with van der Waals surface area (Å²) in [5.41, 5.74) is 7.14. The fourth-order valence-electron chi connectivity index (χ4n) is 4.77. The lowest BCUT2D eigenvalue weighted by molar-refractivity contribution is 0.592. The molecule has 0 spiro atoms. The molecule has 0 fully saturated rings. The van der Waals surface area contributed by atoms with Crippen molar-refractivity contribution >= 4 is 38.1 Å². The van der Waals surface area contributed by atoms with Crippen molar-refractivity contribution in [2.45, 2.75) is 52.4 Å². The highest BCUT2D eigenvalue weighted by molar-refractivity contribution is 6.24. The van der Waals surface area contributed by atoms with E-state index in [1.165, 1.54) is 49.2 Å². The highest BCUT2D eigenvalue weighted by Crippen LogP contribution is 2.44. The fraction of sp³-hybridized carbons (Fsp3) is 0.308. The second-order valence-corrected chi connectivity index (χ2v) is 9.94. The van der Waals surface area contributed by atoms with Crippen molar-refractivity contribution in [3.8, 4) is 0 Å². The average Bonchev–Trinajstić information content (AvgIpc) is 3.11. The maximum absolute atomic E-state index is 2.57. The van der Waals surface area contributed by atoms with Gasteiger partial charge in [-0.05, 0) is 22.0 Å². The fourth-order valence-corrected chi connectivity index (χ4v) is 4.77. The lowest BCUT2D eigenvalue weighted by Gasteiger charge is -2.23. The van der Waals surface area contributed by atoms with Gasteiger partial charge in [-0.2, -0.15) is 0 Å². The summed E-state index contributed by atoms with van der Waals surface area (Å²) in [6.45, 7) is 13.9. The van der Waals surface area contributed by atoms with Crippen LogP contribution in [0.4, 0.5) is 0 Å². The van der Waals surface area contributed by atoms with E-state index in [2.05, 4.69) is 101 Å². The van der Waals surface area contributed by atoms with Gasteiger partial charge in [0.25, 0.3) is 0 Å². The van der Waals surface area contributed by atoms with Crippen LogP contribution in [0.5, 0.6) is 0 Å². The van der Waals surface area contributed by atoms with Crippen LogP contribution < -0.4 is 0 Å². The third-order valence-corrected chi connectivity index (χ3v) is 5.98. The van der Waals surface area contributed by atoms with E-state index in [9.17, 15) is 0 Å².